The predicted molar refractivity (Wildman–Crippen MR) is 108 cm³/mol. The minimum absolute atomic E-state index is 0.951. The lowest BCUT2D eigenvalue weighted by molar-refractivity contribution is 0.446. The molecule has 138 valence electrons. The van der Waals surface area contributed by atoms with Crippen molar-refractivity contribution in [2.24, 2.45) is 5.92 Å². The Morgan fingerprint density at radius 1 is 0.522 bits per heavy atom. The van der Waals surface area contributed by atoms with E-state index in [4.69, 9.17) is 0 Å². The molecule has 0 saturated heterocycles. The van der Waals surface area contributed by atoms with Crippen molar-refractivity contribution in [1.82, 2.24) is 0 Å². The molecule has 0 aromatic carbocycles. The summed E-state index contributed by atoms with van der Waals surface area (Å²) < 4.78 is 0. The summed E-state index contributed by atoms with van der Waals surface area (Å²) in [6.07, 6.45) is 28.9. The quantitative estimate of drug-likeness (QED) is 0.174. The molecule has 0 aromatic rings. The molecule has 23 heavy (non-hydrogen) atoms. The second kappa shape index (κ2) is 19.8. The van der Waals surface area contributed by atoms with Crippen molar-refractivity contribution in [3.63, 3.8) is 0 Å². The van der Waals surface area contributed by atoms with Crippen LogP contribution in [0.5, 0.6) is 0 Å². The molecule has 0 aromatic heterocycles. The molecule has 0 radical (unpaired) electrons. The summed E-state index contributed by atoms with van der Waals surface area (Å²) >= 11 is 0. The van der Waals surface area contributed by atoms with Gasteiger partial charge in [0.25, 0.3) is 0 Å². The van der Waals surface area contributed by atoms with E-state index < -0.39 is 0 Å². The molecule has 1 atom stereocenters. The normalized spacial score (nSPS) is 13.0. The van der Waals surface area contributed by atoms with Gasteiger partial charge in [-0.15, -0.1) is 0 Å². The van der Waals surface area contributed by atoms with Crippen LogP contribution in [0.3, 0.4) is 0 Å². The Bertz CT molecular complexity index is 228. The fraction of sp³-hybridized carbons (Fsp3) is 0.913. The molecule has 0 amide bonds. The van der Waals surface area contributed by atoms with Crippen LogP contribution in [-0.4, -0.2) is 0 Å². The lowest BCUT2D eigenvalue weighted by Gasteiger charge is -2.09. The maximum Gasteiger partial charge on any atom is -0.0351 e. The van der Waals surface area contributed by atoms with Crippen LogP contribution in [0, 0.1) is 5.92 Å². The third-order valence-corrected chi connectivity index (χ3v) is 5.01. The molecule has 0 heterocycles. The van der Waals surface area contributed by atoms with Crippen LogP contribution in [0.15, 0.2) is 12.2 Å². The summed E-state index contributed by atoms with van der Waals surface area (Å²) in [7, 11) is 0. The van der Waals surface area contributed by atoms with Crippen LogP contribution >= 0.6 is 0 Å². The number of rotatable bonds is 18. The molecule has 0 bridgehead atoms. The predicted octanol–water partition coefficient (Wildman–Crippen LogP) is 8.85. The summed E-state index contributed by atoms with van der Waals surface area (Å²) in [4.78, 5) is 0. The molecule has 1 unspecified atom stereocenters. The second-order valence-electron chi connectivity index (χ2n) is 7.62. The summed E-state index contributed by atoms with van der Waals surface area (Å²) in [5.41, 5.74) is 0. The third-order valence-electron chi connectivity index (χ3n) is 5.01. The monoisotopic (exact) mass is 322 g/mol. The van der Waals surface area contributed by atoms with Crippen LogP contribution < -0.4 is 0 Å². The Hall–Kier alpha value is -0.260. The SMILES string of the molecule is CCCCCCCCCCC=CCCCCCC(C)CCCC. The molecular formula is C23H46. The smallest absolute Gasteiger partial charge is 0.0351 e. The van der Waals surface area contributed by atoms with Gasteiger partial charge in [-0.2, -0.15) is 0 Å². The van der Waals surface area contributed by atoms with E-state index in [2.05, 4.69) is 32.9 Å². The Balaban J connectivity index is 3.14. The first kappa shape index (κ1) is 22.7. The van der Waals surface area contributed by atoms with Crippen molar-refractivity contribution in [2.45, 2.75) is 130 Å². The molecule has 0 rings (SSSR count). The van der Waals surface area contributed by atoms with Gasteiger partial charge in [0, 0.05) is 0 Å². The first-order valence-corrected chi connectivity index (χ1v) is 11.0. The van der Waals surface area contributed by atoms with Crippen molar-refractivity contribution in [1.29, 1.82) is 0 Å². The Morgan fingerprint density at radius 3 is 1.52 bits per heavy atom. The topological polar surface area (TPSA) is 0 Å². The van der Waals surface area contributed by atoms with E-state index in [0.29, 0.717) is 0 Å². The van der Waals surface area contributed by atoms with Gasteiger partial charge in [-0.25, -0.2) is 0 Å². The summed E-state index contributed by atoms with van der Waals surface area (Å²) in [6.45, 7) is 7.02. The van der Waals surface area contributed by atoms with Crippen molar-refractivity contribution in [2.75, 3.05) is 0 Å². The van der Waals surface area contributed by atoms with E-state index >= 15 is 0 Å². The second-order valence-corrected chi connectivity index (χ2v) is 7.62. The summed E-state index contributed by atoms with van der Waals surface area (Å²) in [5.74, 6) is 0.951. The highest BCUT2D eigenvalue weighted by Crippen LogP contribution is 2.16. The lowest BCUT2D eigenvalue weighted by Crippen LogP contribution is -1.94. The fourth-order valence-electron chi connectivity index (χ4n) is 3.26. The Labute approximate surface area is 148 Å². The molecule has 0 saturated carbocycles. The van der Waals surface area contributed by atoms with E-state index in [1.165, 1.54) is 109 Å². The van der Waals surface area contributed by atoms with Crippen LogP contribution in [0.4, 0.5) is 0 Å². The molecule has 0 spiro atoms. The first-order valence-electron chi connectivity index (χ1n) is 11.0. The summed E-state index contributed by atoms with van der Waals surface area (Å²) in [5, 5.41) is 0. The van der Waals surface area contributed by atoms with Crippen LogP contribution in [-0.2, 0) is 0 Å². The highest BCUT2D eigenvalue weighted by Gasteiger charge is 2.00. The maximum atomic E-state index is 2.43. The van der Waals surface area contributed by atoms with Crippen molar-refractivity contribution in [3.8, 4) is 0 Å². The fourth-order valence-corrected chi connectivity index (χ4v) is 3.26. The van der Waals surface area contributed by atoms with Gasteiger partial charge in [0.15, 0.2) is 0 Å². The lowest BCUT2D eigenvalue weighted by atomic mass is 9.97. The van der Waals surface area contributed by atoms with Crippen LogP contribution in [0.2, 0.25) is 0 Å². The van der Waals surface area contributed by atoms with Crippen molar-refractivity contribution >= 4 is 0 Å². The van der Waals surface area contributed by atoms with E-state index in [0.717, 1.165) is 5.92 Å². The largest absolute Gasteiger partial charge is 0.0885 e. The van der Waals surface area contributed by atoms with Gasteiger partial charge in [-0.1, -0.05) is 116 Å². The highest BCUT2D eigenvalue weighted by molar-refractivity contribution is 4.81. The van der Waals surface area contributed by atoms with Gasteiger partial charge >= 0.3 is 0 Å². The highest BCUT2D eigenvalue weighted by atomic mass is 14.1. The number of hydrogen-bond acceptors (Lipinski definition) is 0. The standard InChI is InChI=1S/C23H46/c1-4-6-8-9-10-11-12-13-14-15-16-17-18-19-20-22-23(3)21-7-5-2/h15-16,23H,4-14,17-22H2,1-3H3. The Kier molecular flexibility index (Phi) is 19.6. The molecule has 0 aliphatic heterocycles. The molecular weight excluding hydrogens is 276 g/mol. The average molecular weight is 323 g/mol. The summed E-state index contributed by atoms with van der Waals surface area (Å²) in [6, 6.07) is 0. The van der Waals surface area contributed by atoms with Crippen LogP contribution in [0.25, 0.3) is 0 Å². The zero-order chi connectivity index (χ0) is 17.0. The minimum atomic E-state index is 0.951. The van der Waals surface area contributed by atoms with Gasteiger partial charge in [0.05, 0.1) is 0 Å². The Morgan fingerprint density at radius 2 is 0.957 bits per heavy atom. The van der Waals surface area contributed by atoms with Crippen LogP contribution in [0.1, 0.15) is 130 Å². The van der Waals surface area contributed by atoms with Crippen molar-refractivity contribution < 1.29 is 0 Å². The molecule has 0 heteroatoms. The van der Waals surface area contributed by atoms with Gasteiger partial charge in [-0.3, -0.25) is 0 Å². The van der Waals surface area contributed by atoms with E-state index in [1.54, 1.807) is 0 Å². The zero-order valence-electron chi connectivity index (χ0n) is 16.8. The number of hydrogen-bond donors (Lipinski definition) is 0. The maximum absolute atomic E-state index is 2.43. The molecule has 0 N–H and O–H groups in total. The number of allylic oxidation sites excluding steroid dienone is 2. The van der Waals surface area contributed by atoms with Gasteiger partial charge < -0.3 is 0 Å². The van der Waals surface area contributed by atoms with Gasteiger partial charge in [-0.05, 0) is 31.6 Å². The molecule has 0 nitrogen and oxygen atoms in total. The molecule has 0 aliphatic carbocycles. The first-order chi connectivity index (χ1) is 11.3. The van der Waals surface area contributed by atoms with E-state index in [9.17, 15) is 0 Å². The van der Waals surface area contributed by atoms with Gasteiger partial charge in [0.1, 0.15) is 0 Å². The van der Waals surface area contributed by atoms with Crippen molar-refractivity contribution in [3.05, 3.63) is 12.2 Å². The zero-order valence-corrected chi connectivity index (χ0v) is 16.8. The molecule has 0 aliphatic rings. The van der Waals surface area contributed by atoms with E-state index in [1.807, 2.05) is 0 Å². The minimum Gasteiger partial charge on any atom is -0.0885 e. The van der Waals surface area contributed by atoms with E-state index in [-0.39, 0.29) is 0 Å². The van der Waals surface area contributed by atoms with Gasteiger partial charge in [0.2, 0.25) is 0 Å². The number of unbranched alkanes of at least 4 members (excludes halogenated alkanes) is 12. The third kappa shape index (κ3) is 19.7. The average Bonchev–Trinajstić information content (AvgIpc) is 2.56. The molecule has 0 fully saturated rings.